The Morgan fingerprint density at radius 3 is 2.52 bits per heavy atom. The number of nitrogen functional groups attached to an aromatic ring is 1. The summed E-state index contributed by atoms with van der Waals surface area (Å²) in [7, 11) is 2.02. The first kappa shape index (κ1) is 15.6. The van der Waals surface area contributed by atoms with Crippen molar-refractivity contribution in [3.05, 3.63) is 29.3 Å². The lowest BCUT2D eigenvalue weighted by Crippen LogP contribution is -2.50. The van der Waals surface area contributed by atoms with Gasteiger partial charge in [-0.15, -0.1) is 0 Å². The van der Waals surface area contributed by atoms with E-state index in [4.69, 9.17) is 11.1 Å². The highest BCUT2D eigenvalue weighted by Crippen LogP contribution is 2.34. The van der Waals surface area contributed by atoms with E-state index in [0.29, 0.717) is 11.7 Å². The van der Waals surface area contributed by atoms with Gasteiger partial charge in [-0.3, -0.25) is 5.41 Å². The van der Waals surface area contributed by atoms with Crippen LogP contribution in [0.3, 0.4) is 0 Å². The van der Waals surface area contributed by atoms with Gasteiger partial charge in [0.2, 0.25) is 0 Å². The van der Waals surface area contributed by atoms with Crippen molar-refractivity contribution in [1.29, 1.82) is 5.41 Å². The molecule has 2 rings (SSSR count). The quantitative estimate of drug-likeness (QED) is 0.650. The first-order chi connectivity index (χ1) is 9.70. The van der Waals surface area contributed by atoms with Gasteiger partial charge in [0.15, 0.2) is 0 Å². The van der Waals surface area contributed by atoms with Crippen molar-refractivity contribution in [3.8, 4) is 0 Å². The maximum atomic E-state index is 12.9. The van der Waals surface area contributed by atoms with Crippen molar-refractivity contribution in [3.63, 3.8) is 0 Å². The van der Waals surface area contributed by atoms with Crippen LogP contribution in [0, 0.1) is 5.41 Å². The van der Waals surface area contributed by atoms with Gasteiger partial charge in [0, 0.05) is 36.9 Å². The van der Waals surface area contributed by atoms with E-state index in [1.54, 1.807) is 0 Å². The van der Waals surface area contributed by atoms with Crippen LogP contribution < -0.4 is 10.6 Å². The minimum atomic E-state index is -4.51. The van der Waals surface area contributed by atoms with Crippen molar-refractivity contribution >= 4 is 11.5 Å². The number of nitrogens with two attached hydrogens (primary N) is 1. The molecule has 1 atom stereocenters. The zero-order valence-corrected chi connectivity index (χ0v) is 12.0. The summed E-state index contributed by atoms with van der Waals surface area (Å²) in [5, 5.41) is 7.39. The van der Waals surface area contributed by atoms with Crippen molar-refractivity contribution in [2.45, 2.75) is 19.1 Å². The standard InChI is InChI=1S/C14H19F3N4/c1-9-8-21(6-5-20(9)2)10-3-4-12(14(15,16)17)11(7-10)13(18)19/h3-4,7,9H,5-6,8H2,1-2H3,(H3,18,19). The third kappa shape index (κ3) is 3.29. The van der Waals surface area contributed by atoms with Gasteiger partial charge in [0.1, 0.15) is 5.84 Å². The molecule has 0 bridgehead atoms. The smallest absolute Gasteiger partial charge is 0.384 e. The maximum Gasteiger partial charge on any atom is 0.417 e. The van der Waals surface area contributed by atoms with Gasteiger partial charge in [-0.2, -0.15) is 13.2 Å². The number of halogens is 3. The summed E-state index contributed by atoms with van der Waals surface area (Å²) in [6.45, 7) is 4.39. The minimum Gasteiger partial charge on any atom is -0.384 e. The van der Waals surface area contributed by atoms with E-state index in [9.17, 15) is 13.2 Å². The number of amidine groups is 1. The molecule has 21 heavy (non-hydrogen) atoms. The topological polar surface area (TPSA) is 56.4 Å². The van der Waals surface area contributed by atoms with Crippen LogP contribution in [-0.2, 0) is 6.18 Å². The fourth-order valence-corrected chi connectivity index (χ4v) is 2.48. The van der Waals surface area contributed by atoms with Crippen LogP contribution in [0.25, 0.3) is 0 Å². The van der Waals surface area contributed by atoms with E-state index in [1.807, 2.05) is 11.9 Å². The number of piperazine rings is 1. The highest BCUT2D eigenvalue weighted by Gasteiger charge is 2.34. The van der Waals surface area contributed by atoms with Crippen LogP contribution in [0.5, 0.6) is 0 Å². The third-order valence-corrected chi connectivity index (χ3v) is 3.92. The van der Waals surface area contributed by atoms with Gasteiger partial charge in [-0.1, -0.05) is 0 Å². The van der Waals surface area contributed by atoms with E-state index in [1.165, 1.54) is 12.1 Å². The summed E-state index contributed by atoms with van der Waals surface area (Å²) < 4.78 is 38.8. The fourth-order valence-electron chi connectivity index (χ4n) is 2.48. The molecule has 7 heteroatoms. The number of likely N-dealkylation sites (N-methyl/N-ethyl adjacent to an activating group) is 1. The Bertz CT molecular complexity index is 542. The number of hydrogen-bond acceptors (Lipinski definition) is 3. The van der Waals surface area contributed by atoms with Gasteiger partial charge in [0.25, 0.3) is 0 Å². The lowest BCUT2D eigenvalue weighted by molar-refractivity contribution is -0.137. The highest BCUT2D eigenvalue weighted by atomic mass is 19.4. The fraction of sp³-hybridized carbons (Fsp3) is 0.500. The molecule has 1 aliphatic rings. The number of alkyl halides is 3. The van der Waals surface area contributed by atoms with Crippen molar-refractivity contribution in [2.75, 3.05) is 31.6 Å². The lowest BCUT2D eigenvalue weighted by Gasteiger charge is -2.39. The Hall–Kier alpha value is -1.76. The number of nitrogens with one attached hydrogen (secondary N) is 1. The molecule has 1 aromatic carbocycles. The van der Waals surface area contributed by atoms with E-state index < -0.39 is 17.6 Å². The van der Waals surface area contributed by atoms with E-state index in [0.717, 1.165) is 25.7 Å². The Morgan fingerprint density at radius 2 is 2.00 bits per heavy atom. The molecule has 0 amide bonds. The van der Waals surface area contributed by atoms with E-state index in [-0.39, 0.29) is 5.56 Å². The number of rotatable bonds is 2. The first-order valence-electron chi connectivity index (χ1n) is 6.71. The van der Waals surface area contributed by atoms with Crippen molar-refractivity contribution < 1.29 is 13.2 Å². The molecule has 0 radical (unpaired) electrons. The minimum absolute atomic E-state index is 0.258. The first-order valence-corrected chi connectivity index (χ1v) is 6.71. The molecule has 0 spiro atoms. The van der Waals surface area contributed by atoms with Crippen LogP contribution >= 0.6 is 0 Å². The normalized spacial score (nSPS) is 20.6. The summed E-state index contributed by atoms with van der Waals surface area (Å²) in [5.41, 5.74) is 4.87. The molecule has 1 heterocycles. The summed E-state index contributed by atoms with van der Waals surface area (Å²) in [6, 6.07) is 4.15. The number of hydrogen-bond donors (Lipinski definition) is 2. The molecule has 0 aliphatic carbocycles. The predicted molar refractivity (Wildman–Crippen MR) is 76.8 cm³/mol. The molecule has 1 fully saturated rings. The van der Waals surface area contributed by atoms with Crippen LogP contribution in [0.2, 0.25) is 0 Å². The Labute approximate surface area is 121 Å². The molecule has 3 N–H and O–H groups in total. The van der Waals surface area contributed by atoms with Gasteiger partial charge >= 0.3 is 6.18 Å². The Kier molecular flexibility index (Phi) is 4.13. The molecular formula is C14H19F3N4. The predicted octanol–water partition coefficient (Wildman–Crippen LogP) is 2.13. The second-order valence-electron chi connectivity index (χ2n) is 5.42. The number of nitrogens with zero attached hydrogens (tertiary/aromatic N) is 2. The van der Waals surface area contributed by atoms with Crippen LogP contribution in [0.1, 0.15) is 18.1 Å². The third-order valence-electron chi connectivity index (χ3n) is 3.92. The maximum absolute atomic E-state index is 12.9. The average Bonchev–Trinajstić information content (AvgIpc) is 2.40. The van der Waals surface area contributed by atoms with Gasteiger partial charge in [-0.25, -0.2) is 0 Å². The number of anilines is 1. The SMILES string of the molecule is CC1CN(c2ccc(C(F)(F)F)c(C(=N)N)c2)CCN1C. The molecule has 1 aromatic rings. The summed E-state index contributed by atoms with van der Waals surface area (Å²) in [6.07, 6.45) is -4.51. The Morgan fingerprint density at radius 1 is 1.33 bits per heavy atom. The summed E-state index contributed by atoms with van der Waals surface area (Å²) in [5.74, 6) is -0.564. The molecule has 4 nitrogen and oxygen atoms in total. The van der Waals surface area contributed by atoms with Gasteiger partial charge < -0.3 is 15.5 Å². The molecule has 1 unspecified atom stereocenters. The second-order valence-corrected chi connectivity index (χ2v) is 5.42. The molecule has 0 aromatic heterocycles. The molecule has 0 saturated carbocycles. The van der Waals surface area contributed by atoms with Gasteiger partial charge in [0.05, 0.1) is 5.56 Å². The van der Waals surface area contributed by atoms with E-state index >= 15 is 0 Å². The molecular weight excluding hydrogens is 281 g/mol. The van der Waals surface area contributed by atoms with Crippen molar-refractivity contribution in [2.24, 2.45) is 5.73 Å². The van der Waals surface area contributed by atoms with Gasteiger partial charge in [-0.05, 0) is 32.2 Å². The lowest BCUT2D eigenvalue weighted by atomic mass is 10.0. The summed E-state index contributed by atoms with van der Waals surface area (Å²) >= 11 is 0. The van der Waals surface area contributed by atoms with Crippen molar-refractivity contribution in [1.82, 2.24) is 4.90 Å². The zero-order chi connectivity index (χ0) is 15.8. The Balaban J connectivity index is 2.35. The second kappa shape index (κ2) is 5.55. The van der Waals surface area contributed by atoms with Crippen LogP contribution in [0.15, 0.2) is 18.2 Å². The summed E-state index contributed by atoms with van der Waals surface area (Å²) in [4.78, 5) is 4.23. The van der Waals surface area contributed by atoms with Crippen LogP contribution in [-0.4, -0.2) is 43.5 Å². The largest absolute Gasteiger partial charge is 0.417 e. The molecule has 1 saturated heterocycles. The van der Waals surface area contributed by atoms with E-state index in [2.05, 4.69) is 11.8 Å². The zero-order valence-electron chi connectivity index (χ0n) is 12.0. The molecule has 116 valence electrons. The molecule has 1 aliphatic heterocycles. The average molecular weight is 300 g/mol. The monoisotopic (exact) mass is 300 g/mol. The highest BCUT2D eigenvalue weighted by molar-refractivity contribution is 5.97. The van der Waals surface area contributed by atoms with Crippen LogP contribution in [0.4, 0.5) is 18.9 Å². The number of benzene rings is 1.